The molecule has 1 aliphatic rings. The highest BCUT2D eigenvalue weighted by molar-refractivity contribution is 9.10. The predicted molar refractivity (Wildman–Crippen MR) is 115 cm³/mol. The summed E-state index contributed by atoms with van der Waals surface area (Å²) in [5.41, 5.74) is 4.07. The molecular weight excluding hydrogens is 416 g/mol. The van der Waals surface area contributed by atoms with Gasteiger partial charge in [0.15, 0.2) is 5.78 Å². The topological polar surface area (TPSA) is 53.2 Å². The van der Waals surface area contributed by atoms with Crippen molar-refractivity contribution in [2.24, 2.45) is 0 Å². The summed E-state index contributed by atoms with van der Waals surface area (Å²) in [6.07, 6.45) is 5.17. The zero-order valence-electron chi connectivity index (χ0n) is 15.5. The van der Waals surface area contributed by atoms with Crippen LogP contribution in [0.25, 0.3) is 16.5 Å². The standard InChI is InChI=1S/C23H21BrN2O2/c24-18-6-7-21-19(14-18)20(15-25-21)22(27)8-9-23(28)26-12-10-17(11-13-26)16-4-2-1-3-5-16/h1-7,10,14-15,25H,8-9,11-13H2. The molecule has 0 unspecified atom stereocenters. The second-order valence-electron chi connectivity index (χ2n) is 7.00. The van der Waals surface area contributed by atoms with E-state index in [1.807, 2.05) is 41.3 Å². The molecule has 1 aromatic heterocycles. The number of hydrogen-bond donors (Lipinski definition) is 1. The highest BCUT2D eigenvalue weighted by Gasteiger charge is 2.20. The zero-order valence-corrected chi connectivity index (χ0v) is 17.0. The summed E-state index contributed by atoms with van der Waals surface area (Å²) < 4.78 is 0.930. The predicted octanol–water partition coefficient (Wildman–Crippen LogP) is 5.21. The quantitative estimate of drug-likeness (QED) is 0.558. The molecule has 1 amide bonds. The van der Waals surface area contributed by atoms with Crippen molar-refractivity contribution < 1.29 is 9.59 Å². The molecule has 0 radical (unpaired) electrons. The molecule has 142 valence electrons. The maximum Gasteiger partial charge on any atom is 0.223 e. The molecule has 0 atom stereocenters. The van der Waals surface area contributed by atoms with E-state index >= 15 is 0 Å². The fourth-order valence-corrected chi connectivity index (χ4v) is 4.01. The van der Waals surface area contributed by atoms with Crippen LogP contribution in [0.4, 0.5) is 0 Å². The molecule has 2 aromatic carbocycles. The maximum absolute atomic E-state index is 12.6. The maximum atomic E-state index is 12.6. The molecule has 5 heteroatoms. The number of carbonyl (C=O) groups is 2. The van der Waals surface area contributed by atoms with Crippen LogP contribution in [-0.2, 0) is 4.79 Å². The summed E-state index contributed by atoms with van der Waals surface area (Å²) in [7, 11) is 0. The Bertz CT molecular complexity index is 1050. The second kappa shape index (κ2) is 8.15. The fraction of sp³-hybridized carbons (Fsp3) is 0.217. The number of fused-ring (bicyclic) bond motifs is 1. The number of ketones is 1. The number of nitrogens with one attached hydrogen (secondary N) is 1. The van der Waals surface area contributed by atoms with E-state index in [9.17, 15) is 9.59 Å². The molecule has 0 bridgehead atoms. The lowest BCUT2D eigenvalue weighted by atomic mass is 9.99. The van der Waals surface area contributed by atoms with Crippen molar-refractivity contribution in [3.8, 4) is 0 Å². The van der Waals surface area contributed by atoms with Gasteiger partial charge in [0.05, 0.1) is 0 Å². The monoisotopic (exact) mass is 436 g/mol. The average Bonchev–Trinajstić information content (AvgIpc) is 3.15. The number of hydrogen-bond acceptors (Lipinski definition) is 2. The first-order valence-electron chi connectivity index (χ1n) is 9.44. The average molecular weight is 437 g/mol. The van der Waals surface area contributed by atoms with Crippen molar-refractivity contribution >= 4 is 44.1 Å². The van der Waals surface area contributed by atoms with Gasteiger partial charge >= 0.3 is 0 Å². The first-order chi connectivity index (χ1) is 13.6. The van der Waals surface area contributed by atoms with E-state index in [-0.39, 0.29) is 24.5 Å². The SMILES string of the molecule is O=C(CCC(=O)N1CC=C(c2ccccc2)CC1)c1c[nH]c2ccc(Br)cc12. The zero-order chi connectivity index (χ0) is 19.5. The van der Waals surface area contributed by atoms with E-state index in [0.29, 0.717) is 18.7 Å². The summed E-state index contributed by atoms with van der Waals surface area (Å²) in [6.45, 7) is 1.31. The molecule has 0 saturated heterocycles. The van der Waals surface area contributed by atoms with Gasteiger partial charge in [-0.25, -0.2) is 0 Å². The number of Topliss-reactive ketones (excluding diaryl/α,β-unsaturated/α-hetero) is 1. The number of rotatable bonds is 5. The van der Waals surface area contributed by atoms with Crippen LogP contribution in [0, 0.1) is 0 Å². The molecule has 1 aliphatic heterocycles. The highest BCUT2D eigenvalue weighted by Crippen LogP contribution is 2.25. The Kier molecular flexibility index (Phi) is 5.44. The molecule has 0 spiro atoms. The van der Waals surface area contributed by atoms with E-state index in [0.717, 1.165) is 21.8 Å². The van der Waals surface area contributed by atoms with Crippen LogP contribution in [-0.4, -0.2) is 34.7 Å². The van der Waals surface area contributed by atoms with Gasteiger partial charge < -0.3 is 9.88 Å². The van der Waals surface area contributed by atoms with Gasteiger partial charge in [-0.2, -0.15) is 0 Å². The largest absolute Gasteiger partial charge is 0.360 e. The minimum atomic E-state index is -0.00442. The first kappa shape index (κ1) is 18.7. The van der Waals surface area contributed by atoms with Crippen LogP contribution in [0.5, 0.6) is 0 Å². The van der Waals surface area contributed by atoms with Crippen LogP contribution in [0.1, 0.15) is 35.2 Å². The lowest BCUT2D eigenvalue weighted by Gasteiger charge is -2.26. The van der Waals surface area contributed by atoms with Crippen molar-refractivity contribution in [2.75, 3.05) is 13.1 Å². The smallest absolute Gasteiger partial charge is 0.223 e. The first-order valence-corrected chi connectivity index (χ1v) is 10.2. The number of aromatic nitrogens is 1. The van der Waals surface area contributed by atoms with Crippen LogP contribution in [0.3, 0.4) is 0 Å². The number of aromatic amines is 1. The van der Waals surface area contributed by atoms with Gasteiger partial charge in [0, 0.05) is 53.1 Å². The van der Waals surface area contributed by atoms with Crippen LogP contribution in [0.15, 0.2) is 65.3 Å². The molecule has 0 fully saturated rings. The molecule has 0 aliphatic carbocycles. The number of amides is 1. The molecular formula is C23H21BrN2O2. The van der Waals surface area contributed by atoms with Crippen molar-refractivity contribution in [1.29, 1.82) is 0 Å². The molecule has 4 nitrogen and oxygen atoms in total. The van der Waals surface area contributed by atoms with Crippen LogP contribution in [0.2, 0.25) is 0 Å². The van der Waals surface area contributed by atoms with Gasteiger partial charge in [-0.3, -0.25) is 9.59 Å². The Balaban J connectivity index is 1.36. The summed E-state index contributed by atoms with van der Waals surface area (Å²) in [5, 5.41) is 0.889. The Morgan fingerprint density at radius 2 is 1.89 bits per heavy atom. The van der Waals surface area contributed by atoms with Gasteiger partial charge in [0.1, 0.15) is 0 Å². The third-order valence-corrected chi connectivity index (χ3v) is 5.71. The summed E-state index contributed by atoms with van der Waals surface area (Å²) in [6, 6.07) is 16.1. The summed E-state index contributed by atoms with van der Waals surface area (Å²) in [4.78, 5) is 30.2. The number of H-pyrrole nitrogens is 1. The Labute approximate surface area is 172 Å². The van der Waals surface area contributed by atoms with E-state index in [2.05, 4.69) is 39.1 Å². The van der Waals surface area contributed by atoms with E-state index < -0.39 is 0 Å². The van der Waals surface area contributed by atoms with Gasteiger partial charge in [-0.1, -0.05) is 52.3 Å². The fourth-order valence-electron chi connectivity index (χ4n) is 3.65. The molecule has 0 saturated carbocycles. The van der Waals surface area contributed by atoms with Crippen molar-refractivity contribution in [1.82, 2.24) is 9.88 Å². The van der Waals surface area contributed by atoms with E-state index in [1.165, 1.54) is 11.1 Å². The Morgan fingerprint density at radius 3 is 2.64 bits per heavy atom. The lowest BCUT2D eigenvalue weighted by Crippen LogP contribution is -2.34. The summed E-state index contributed by atoms with van der Waals surface area (Å²) in [5.74, 6) is 0.0351. The highest BCUT2D eigenvalue weighted by atomic mass is 79.9. The Hall–Kier alpha value is -2.66. The van der Waals surface area contributed by atoms with Gasteiger partial charge in [-0.15, -0.1) is 0 Å². The van der Waals surface area contributed by atoms with Crippen molar-refractivity contribution in [3.63, 3.8) is 0 Å². The van der Waals surface area contributed by atoms with Crippen molar-refractivity contribution in [3.05, 3.63) is 76.4 Å². The van der Waals surface area contributed by atoms with Gasteiger partial charge in [0.25, 0.3) is 0 Å². The second-order valence-corrected chi connectivity index (χ2v) is 7.92. The number of carbonyl (C=O) groups excluding carboxylic acids is 2. The van der Waals surface area contributed by atoms with Crippen LogP contribution < -0.4 is 0 Å². The molecule has 3 aromatic rings. The Morgan fingerprint density at radius 1 is 1.07 bits per heavy atom. The molecule has 28 heavy (non-hydrogen) atoms. The van der Waals surface area contributed by atoms with E-state index in [1.54, 1.807) is 6.20 Å². The van der Waals surface area contributed by atoms with Crippen LogP contribution >= 0.6 is 15.9 Å². The number of benzene rings is 2. The number of halogens is 1. The third-order valence-electron chi connectivity index (χ3n) is 5.22. The number of nitrogens with zero attached hydrogens (tertiary/aromatic N) is 1. The van der Waals surface area contributed by atoms with Crippen molar-refractivity contribution in [2.45, 2.75) is 19.3 Å². The van der Waals surface area contributed by atoms with E-state index in [4.69, 9.17) is 0 Å². The molecule has 1 N–H and O–H groups in total. The molecule has 4 rings (SSSR count). The third kappa shape index (κ3) is 3.94. The van der Waals surface area contributed by atoms with Gasteiger partial charge in [-0.05, 0) is 35.8 Å². The molecule has 2 heterocycles. The minimum absolute atomic E-state index is 0.00442. The normalized spacial score (nSPS) is 14.2. The van der Waals surface area contributed by atoms with Gasteiger partial charge in [0.2, 0.25) is 5.91 Å². The minimum Gasteiger partial charge on any atom is -0.360 e. The lowest BCUT2D eigenvalue weighted by molar-refractivity contribution is -0.130. The summed E-state index contributed by atoms with van der Waals surface area (Å²) >= 11 is 3.44.